The van der Waals surface area contributed by atoms with Crippen molar-refractivity contribution in [2.45, 2.75) is 63.5 Å². The maximum Gasteiger partial charge on any atom is 0.192 e. The summed E-state index contributed by atoms with van der Waals surface area (Å²) in [6.45, 7) is 3.33. The van der Waals surface area contributed by atoms with Crippen molar-refractivity contribution in [3.63, 3.8) is 0 Å². The van der Waals surface area contributed by atoms with E-state index in [0.717, 1.165) is 18.4 Å². The van der Waals surface area contributed by atoms with Crippen LogP contribution in [0.3, 0.4) is 0 Å². The van der Waals surface area contributed by atoms with Crippen molar-refractivity contribution in [3.8, 4) is 0 Å². The average Bonchev–Trinajstić information content (AvgIpc) is 2.92. The van der Waals surface area contributed by atoms with Gasteiger partial charge in [-0.3, -0.25) is 4.99 Å². The number of nitrogens with zero attached hydrogens (tertiary/aromatic N) is 2. The second-order valence-electron chi connectivity index (χ2n) is 6.06. The van der Waals surface area contributed by atoms with Crippen LogP contribution in [0.15, 0.2) is 4.99 Å². The van der Waals surface area contributed by atoms with Crippen LogP contribution >= 0.6 is 0 Å². The SMILES string of the molecule is CC1CCC2(CN=C(N)N2C2CCCC2)C1. The summed E-state index contributed by atoms with van der Waals surface area (Å²) in [5.41, 5.74) is 6.45. The molecule has 1 heterocycles. The first-order valence-electron chi connectivity index (χ1n) is 6.80. The molecule has 0 aromatic heterocycles. The molecule has 0 aromatic carbocycles. The highest BCUT2D eigenvalue weighted by molar-refractivity contribution is 5.81. The summed E-state index contributed by atoms with van der Waals surface area (Å²) in [6, 6.07) is 0.691. The first-order valence-corrected chi connectivity index (χ1v) is 6.80. The molecule has 2 atom stereocenters. The molecule has 3 rings (SSSR count). The predicted octanol–water partition coefficient (Wildman–Crippen LogP) is 2.12. The molecule has 3 nitrogen and oxygen atoms in total. The fourth-order valence-electron chi connectivity index (χ4n) is 4.09. The van der Waals surface area contributed by atoms with Gasteiger partial charge in [-0.05, 0) is 38.0 Å². The maximum atomic E-state index is 6.13. The topological polar surface area (TPSA) is 41.6 Å². The van der Waals surface area contributed by atoms with E-state index < -0.39 is 0 Å². The van der Waals surface area contributed by atoms with E-state index in [0.29, 0.717) is 11.6 Å². The van der Waals surface area contributed by atoms with Crippen molar-refractivity contribution in [2.75, 3.05) is 6.54 Å². The van der Waals surface area contributed by atoms with Gasteiger partial charge in [0, 0.05) is 6.04 Å². The van der Waals surface area contributed by atoms with E-state index in [-0.39, 0.29) is 0 Å². The average molecular weight is 221 g/mol. The highest BCUT2D eigenvalue weighted by Gasteiger charge is 2.49. The van der Waals surface area contributed by atoms with Gasteiger partial charge in [-0.2, -0.15) is 0 Å². The van der Waals surface area contributed by atoms with Crippen LogP contribution in [-0.4, -0.2) is 29.0 Å². The van der Waals surface area contributed by atoms with E-state index in [9.17, 15) is 0 Å². The number of hydrogen-bond acceptors (Lipinski definition) is 3. The first-order chi connectivity index (χ1) is 7.71. The molecule has 0 bridgehead atoms. The molecule has 3 aliphatic rings. The standard InChI is InChI=1S/C13H23N3/c1-10-6-7-13(8-10)9-15-12(14)16(13)11-4-2-3-5-11/h10-11H,2-9H2,1H3,(H2,14,15). The van der Waals surface area contributed by atoms with Crippen molar-refractivity contribution in [2.24, 2.45) is 16.6 Å². The number of rotatable bonds is 1. The maximum absolute atomic E-state index is 6.13. The Morgan fingerprint density at radius 3 is 2.69 bits per heavy atom. The molecular formula is C13H23N3. The van der Waals surface area contributed by atoms with Crippen LogP contribution in [0.5, 0.6) is 0 Å². The monoisotopic (exact) mass is 221 g/mol. The molecule has 1 aliphatic heterocycles. The zero-order valence-electron chi connectivity index (χ0n) is 10.3. The van der Waals surface area contributed by atoms with E-state index in [2.05, 4.69) is 16.8 Å². The minimum Gasteiger partial charge on any atom is -0.370 e. The first kappa shape index (κ1) is 10.4. The lowest BCUT2D eigenvalue weighted by molar-refractivity contribution is 0.150. The Bertz CT molecular complexity index is 306. The number of nitrogens with two attached hydrogens (primary N) is 1. The molecule has 2 fully saturated rings. The van der Waals surface area contributed by atoms with Crippen LogP contribution in [0.1, 0.15) is 51.9 Å². The van der Waals surface area contributed by atoms with Gasteiger partial charge in [0.15, 0.2) is 5.96 Å². The van der Waals surface area contributed by atoms with Crippen LogP contribution in [-0.2, 0) is 0 Å². The van der Waals surface area contributed by atoms with Gasteiger partial charge in [0.05, 0.1) is 12.1 Å². The smallest absolute Gasteiger partial charge is 0.192 e. The summed E-state index contributed by atoms with van der Waals surface area (Å²) in [6.07, 6.45) is 9.35. The second kappa shape index (κ2) is 3.64. The molecule has 2 N–H and O–H groups in total. The molecule has 2 unspecified atom stereocenters. The molecule has 2 saturated carbocycles. The quantitative estimate of drug-likeness (QED) is 0.737. The van der Waals surface area contributed by atoms with Crippen molar-refractivity contribution in [1.29, 1.82) is 0 Å². The highest BCUT2D eigenvalue weighted by Crippen LogP contribution is 2.44. The Kier molecular flexibility index (Phi) is 2.37. The van der Waals surface area contributed by atoms with Crippen LogP contribution in [0.4, 0.5) is 0 Å². The van der Waals surface area contributed by atoms with Crippen LogP contribution in [0.25, 0.3) is 0 Å². The molecule has 1 spiro atoms. The van der Waals surface area contributed by atoms with Crippen LogP contribution in [0, 0.1) is 5.92 Å². The predicted molar refractivity (Wildman–Crippen MR) is 66.3 cm³/mol. The Morgan fingerprint density at radius 2 is 2.06 bits per heavy atom. The van der Waals surface area contributed by atoms with E-state index >= 15 is 0 Å². The van der Waals surface area contributed by atoms with E-state index in [1.165, 1.54) is 44.9 Å². The lowest BCUT2D eigenvalue weighted by Gasteiger charge is -2.40. The third-order valence-electron chi connectivity index (χ3n) is 4.81. The highest BCUT2D eigenvalue weighted by atomic mass is 15.4. The largest absolute Gasteiger partial charge is 0.370 e. The lowest BCUT2D eigenvalue weighted by Crippen LogP contribution is -2.54. The molecule has 0 radical (unpaired) electrons. The van der Waals surface area contributed by atoms with E-state index in [1.54, 1.807) is 0 Å². The molecule has 16 heavy (non-hydrogen) atoms. The Hall–Kier alpha value is -0.730. The van der Waals surface area contributed by atoms with Crippen LogP contribution < -0.4 is 5.73 Å². The van der Waals surface area contributed by atoms with Crippen molar-refractivity contribution in [3.05, 3.63) is 0 Å². The lowest BCUT2D eigenvalue weighted by atomic mass is 9.93. The Balaban J connectivity index is 1.84. The second-order valence-corrected chi connectivity index (χ2v) is 6.06. The molecule has 3 heteroatoms. The summed E-state index contributed by atoms with van der Waals surface area (Å²) in [4.78, 5) is 7.07. The van der Waals surface area contributed by atoms with Crippen molar-refractivity contribution >= 4 is 5.96 Å². The summed E-state index contributed by atoms with van der Waals surface area (Å²) >= 11 is 0. The van der Waals surface area contributed by atoms with E-state index in [4.69, 9.17) is 5.73 Å². The molecule has 0 aromatic rings. The van der Waals surface area contributed by atoms with Gasteiger partial charge in [0.25, 0.3) is 0 Å². The number of aliphatic imine (C=N–C) groups is 1. The third kappa shape index (κ3) is 1.44. The zero-order chi connectivity index (χ0) is 11.2. The van der Waals surface area contributed by atoms with Crippen molar-refractivity contribution in [1.82, 2.24) is 4.90 Å². The normalized spacial score (nSPS) is 39.9. The van der Waals surface area contributed by atoms with Gasteiger partial charge in [0.1, 0.15) is 0 Å². The fourth-order valence-corrected chi connectivity index (χ4v) is 4.09. The number of guanidine groups is 1. The summed E-state index contributed by atoms with van der Waals surface area (Å²) in [5, 5.41) is 0. The molecule has 0 amide bonds. The molecule has 90 valence electrons. The molecule has 2 aliphatic carbocycles. The zero-order valence-corrected chi connectivity index (χ0v) is 10.3. The Morgan fingerprint density at radius 1 is 1.31 bits per heavy atom. The van der Waals surface area contributed by atoms with Gasteiger partial charge in [-0.1, -0.05) is 19.8 Å². The minimum absolute atomic E-state index is 0.318. The summed E-state index contributed by atoms with van der Waals surface area (Å²) in [7, 11) is 0. The van der Waals surface area contributed by atoms with Gasteiger partial charge < -0.3 is 10.6 Å². The minimum atomic E-state index is 0.318. The third-order valence-corrected chi connectivity index (χ3v) is 4.81. The molecular weight excluding hydrogens is 198 g/mol. The summed E-state index contributed by atoms with van der Waals surface area (Å²) < 4.78 is 0. The van der Waals surface area contributed by atoms with Crippen LogP contribution in [0.2, 0.25) is 0 Å². The number of hydrogen-bond donors (Lipinski definition) is 1. The van der Waals surface area contributed by atoms with Gasteiger partial charge in [0.2, 0.25) is 0 Å². The van der Waals surface area contributed by atoms with Gasteiger partial charge >= 0.3 is 0 Å². The van der Waals surface area contributed by atoms with Gasteiger partial charge in [-0.15, -0.1) is 0 Å². The molecule has 0 saturated heterocycles. The van der Waals surface area contributed by atoms with E-state index in [1.807, 2.05) is 0 Å². The van der Waals surface area contributed by atoms with Gasteiger partial charge in [-0.25, -0.2) is 0 Å². The fraction of sp³-hybridized carbons (Fsp3) is 0.923. The Labute approximate surface area is 98.1 Å². The van der Waals surface area contributed by atoms with Crippen molar-refractivity contribution < 1.29 is 0 Å². The summed E-state index contributed by atoms with van der Waals surface area (Å²) in [5.74, 6) is 1.69.